The Morgan fingerprint density at radius 2 is 1.73 bits per heavy atom. The van der Waals surface area contributed by atoms with Gasteiger partial charge in [-0.1, -0.05) is 41.9 Å². The van der Waals surface area contributed by atoms with Crippen molar-refractivity contribution in [1.29, 1.82) is 0 Å². The Bertz CT molecular complexity index is 737. The second-order valence-corrected chi connectivity index (χ2v) is 6.56. The molecule has 140 valence electrons. The van der Waals surface area contributed by atoms with Crippen LogP contribution in [0.5, 0.6) is 11.5 Å². The number of halogens is 1. The van der Waals surface area contributed by atoms with Crippen LogP contribution in [-0.4, -0.2) is 44.7 Å². The van der Waals surface area contributed by atoms with Gasteiger partial charge in [-0.3, -0.25) is 4.79 Å². The second kappa shape index (κ2) is 9.46. The maximum absolute atomic E-state index is 12.4. The van der Waals surface area contributed by atoms with Crippen LogP contribution in [0.4, 0.5) is 0 Å². The maximum atomic E-state index is 12.4. The van der Waals surface area contributed by atoms with E-state index in [0.717, 1.165) is 11.3 Å². The molecule has 2 rings (SSSR count). The van der Waals surface area contributed by atoms with Crippen LogP contribution in [0.3, 0.4) is 0 Å². The number of likely N-dealkylation sites (N-methyl/N-ethyl adjacent to an activating group) is 1. The first kappa shape index (κ1) is 20.1. The molecule has 0 saturated carbocycles. The van der Waals surface area contributed by atoms with Gasteiger partial charge in [0.05, 0.1) is 18.2 Å². The van der Waals surface area contributed by atoms with Gasteiger partial charge in [-0.05, 0) is 39.2 Å². The van der Waals surface area contributed by atoms with E-state index in [1.165, 1.54) is 0 Å². The Morgan fingerprint density at radius 1 is 1.12 bits per heavy atom. The first-order chi connectivity index (χ1) is 12.4. The van der Waals surface area contributed by atoms with Crippen LogP contribution in [0.1, 0.15) is 18.5 Å². The second-order valence-electron chi connectivity index (χ2n) is 6.16. The minimum absolute atomic E-state index is 0.0254. The highest BCUT2D eigenvalue weighted by Crippen LogP contribution is 2.27. The van der Waals surface area contributed by atoms with E-state index in [1.54, 1.807) is 26.2 Å². The van der Waals surface area contributed by atoms with E-state index >= 15 is 0 Å². The summed E-state index contributed by atoms with van der Waals surface area (Å²) in [5.74, 6) is 1.08. The summed E-state index contributed by atoms with van der Waals surface area (Å²) >= 11 is 6.08. The summed E-state index contributed by atoms with van der Waals surface area (Å²) < 4.78 is 11.1. The summed E-state index contributed by atoms with van der Waals surface area (Å²) in [5.41, 5.74) is 1.01. The van der Waals surface area contributed by atoms with Crippen molar-refractivity contribution >= 4 is 17.5 Å². The number of hydrogen-bond acceptors (Lipinski definition) is 4. The van der Waals surface area contributed by atoms with Crippen LogP contribution in [-0.2, 0) is 4.79 Å². The highest BCUT2D eigenvalue weighted by molar-refractivity contribution is 6.32. The summed E-state index contributed by atoms with van der Waals surface area (Å²) in [5, 5.41) is 3.43. The molecule has 2 atom stereocenters. The summed E-state index contributed by atoms with van der Waals surface area (Å²) in [6.45, 7) is 2.13. The Balaban J connectivity index is 2.02. The number of methoxy groups -OCH3 is 1. The molecule has 2 aromatic carbocycles. The van der Waals surface area contributed by atoms with Crippen molar-refractivity contribution < 1.29 is 14.3 Å². The predicted molar refractivity (Wildman–Crippen MR) is 104 cm³/mol. The smallest absolute Gasteiger partial charge is 0.260 e. The van der Waals surface area contributed by atoms with Gasteiger partial charge >= 0.3 is 0 Å². The molecular formula is C20H25ClN2O3. The van der Waals surface area contributed by atoms with Crippen molar-refractivity contribution in [2.24, 2.45) is 0 Å². The number of amides is 1. The van der Waals surface area contributed by atoms with E-state index in [1.807, 2.05) is 55.4 Å². The first-order valence-corrected chi connectivity index (χ1v) is 8.80. The van der Waals surface area contributed by atoms with Crippen LogP contribution < -0.4 is 14.8 Å². The van der Waals surface area contributed by atoms with Gasteiger partial charge in [-0.15, -0.1) is 0 Å². The molecule has 1 N–H and O–H groups in total. The zero-order valence-corrected chi connectivity index (χ0v) is 16.3. The van der Waals surface area contributed by atoms with Crippen LogP contribution >= 0.6 is 11.6 Å². The summed E-state index contributed by atoms with van der Waals surface area (Å²) in [6, 6.07) is 14.9. The molecule has 0 saturated heterocycles. The third-order valence-electron chi connectivity index (χ3n) is 4.10. The van der Waals surface area contributed by atoms with Gasteiger partial charge in [-0.25, -0.2) is 0 Å². The molecule has 0 heterocycles. The summed E-state index contributed by atoms with van der Waals surface area (Å²) in [4.78, 5) is 14.5. The number of carbonyl (C=O) groups excluding carboxylic acids is 1. The van der Waals surface area contributed by atoms with Crippen LogP contribution in [0.25, 0.3) is 0 Å². The van der Waals surface area contributed by atoms with Crippen molar-refractivity contribution in [2.45, 2.75) is 19.1 Å². The van der Waals surface area contributed by atoms with Gasteiger partial charge in [0, 0.05) is 12.1 Å². The molecule has 6 heteroatoms. The molecule has 2 aromatic rings. The molecular weight excluding hydrogens is 352 g/mol. The average Bonchev–Trinajstić information content (AvgIpc) is 2.63. The van der Waals surface area contributed by atoms with E-state index < -0.39 is 6.10 Å². The molecule has 0 aliphatic heterocycles. The van der Waals surface area contributed by atoms with E-state index in [4.69, 9.17) is 21.1 Å². The van der Waals surface area contributed by atoms with Crippen molar-refractivity contribution in [3.8, 4) is 11.5 Å². The quantitative estimate of drug-likeness (QED) is 0.765. The van der Waals surface area contributed by atoms with Gasteiger partial charge in [0.25, 0.3) is 5.91 Å². The number of nitrogens with one attached hydrogen (secondary N) is 1. The van der Waals surface area contributed by atoms with E-state index in [0.29, 0.717) is 17.3 Å². The van der Waals surface area contributed by atoms with Gasteiger partial charge in [0.2, 0.25) is 0 Å². The van der Waals surface area contributed by atoms with Gasteiger partial charge in [0.1, 0.15) is 11.5 Å². The molecule has 0 aliphatic rings. The van der Waals surface area contributed by atoms with Crippen molar-refractivity contribution in [3.63, 3.8) is 0 Å². The van der Waals surface area contributed by atoms with E-state index in [9.17, 15) is 4.79 Å². The number of carbonyl (C=O) groups is 1. The monoisotopic (exact) mass is 376 g/mol. The number of para-hydroxylation sites is 2. The van der Waals surface area contributed by atoms with E-state index in [2.05, 4.69) is 5.32 Å². The normalized spacial score (nSPS) is 13.2. The molecule has 0 bridgehead atoms. The molecule has 0 fully saturated rings. The standard InChI is InChI=1S/C20H25ClN2O3/c1-14(26-19-12-8-6-10-16(19)21)20(24)22-13-17(23(2)3)15-9-5-7-11-18(15)25-4/h5-12,14,17H,13H2,1-4H3,(H,22,24). The van der Waals surface area contributed by atoms with Crippen LogP contribution in [0.15, 0.2) is 48.5 Å². The lowest BCUT2D eigenvalue weighted by Gasteiger charge is -2.27. The maximum Gasteiger partial charge on any atom is 0.260 e. The fourth-order valence-corrected chi connectivity index (χ4v) is 2.82. The van der Waals surface area contributed by atoms with Gasteiger partial charge < -0.3 is 19.7 Å². The largest absolute Gasteiger partial charge is 0.496 e. The Hall–Kier alpha value is -2.24. The topological polar surface area (TPSA) is 50.8 Å². The molecule has 5 nitrogen and oxygen atoms in total. The highest BCUT2D eigenvalue weighted by Gasteiger charge is 2.21. The zero-order chi connectivity index (χ0) is 19.1. The van der Waals surface area contributed by atoms with Gasteiger partial charge in [-0.2, -0.15) is 0 Å². The van der Waals surface area contributed by atoms with Gasteiger partial charge in [0.15, 0.2) is 6.10 Å². The lowest BCUT2D eigenvalue weighted by Crippen LogP contribution is -2.41. The summed E-state index contributed by atoms with van der Waals surface area (Å²) in [6.07, 6.45) is -0.657. The minimum Gasteiger partial charge on any atom is -0.496 e. The number of hydrogen-bond donors (Lipinski definition) is 1. The third kappa shape index (κ3) is 5.13. The Kier molecular flexibility index (Phi) is 7.30. The number of ether oxygens (including phenoxy) is 2. The third-order valence-corrected chi connectivity index (χ3v) is 4.41. The van der Waals surface area contributed by atoms with Crippen molar-refractivity contribution in [2.75, 3.05) is 27.7 Å². The number of benzene rings is 2. The van der Waals surface area contributed by atoms with Crippen molar-refractivity contribution in [1.82, 2.24) is 10.2 Å². The zero-order valence-electron chi connectivity index (χ0n) is 15.5. The van der Waals surface area contributed by atoms with Crippen molar-refractivity contribution in [3.05, 3.63) is 59.1 Å². The molecule has 0 aliphatic carbocycles. The summed E-state index contributed by atoms with van der Waals surface area (Å²) in [7, 11) is 5.57. The SMILES string of the molecule is COc1ccccc1C(CNC(=O)C(C)Oc1ccccc1Cl)N(C)C. The number of nitrogens with zero attached hydrogens (tertiary/aromatic N) is 1. The lowest BCUT2D eigenvalue weighted by molar-refractivity contribution is -0.127. The highest BCUT2D eigenvalue weighted by atomic mass is 35.5. The minimum atomic E-state index is -0.657. The molecule has 0 spiro atoms. The van der Waals surface area contributed by atoms with E-state index in [-0.39, 0.29) is 11.9 Å². The predicted octanol–water partition coefficient (Wildman–Crippen LogP) is 3.54. The Morgan fingerprint density at radius 3 is 2.35 bits per heavy atom. The number of rotatable bonds is 8. The molecule has 0 aromatic heterocycles. The molecule has 26 heavy (non-hydrogen) atoms. The fourth-order valence-electron chi connectivity index (χ4n) is 2.64. The molecule has 2 unspecified atom stereocenters. The Labute approximate surface area is 159 Å². The first-order valence-electron chi connectivity index (χ1n) is 8.42. The average molecular weight is 377 g/mol. The molecule has 0 radical (unpaired) electrons. The van der Waals surface area contributed by atoms with Crippen LogP contribution in [0.2, 0.25) is 5.02 Å². The lowest BCUT2D eigenvalue weighted by atomic mass is 10.0. The fraction of sp³-hybridized carbons (Fsp3) is 0.350. The molecule has 1 amide bonds. The van der Waals surface area contributed by atoms with Crippen LogP contribution in [0, 0.1) is 0 Å².